The zero-order valence-electron chi connectivity index (χ0n) is 17.2. The maximum absolute atomic E-state index is 13.3. The molecule has 2 aromatic carbocycles. The molecule has 152 valence electrons. The maximum Gasteiger partial charge on any atom is 0.310 e. The van der Waals surface area contributed by atoms with E-state index in [1.165, 1.54) is 7.11 Å². The first kappa shape index (κ1) is 20.6. The summed E-state index contributed by atoms with van der Waals surface area (Å²) in [6.07, 6.45) is 0.735. The van der Waals surface area contributed by atoms with Gasteiger partial charge in [0.2, 0.25) is 5.91 Å². The van der Waals surface area contributed by atoms with Crippen LogP contribution in [0.2, 0.25) is 0 Å². The van der Waals surface area contributed by atoms with E-state index in [0.717, 1.165) is 28.8 Å². The van der Waals surface area contributed by atoms with Crippen LogP contribution in [0.15, 0.2) is 54.6 Å². The van der Waals surface area contributed by atoms with Gasteiger partial charge in [0, 0.05) is 19.5 Å². The number of aromatic nitrogens is 2. The second kappa shape index (κ2) is 9.37. The lowest BCUT2D eigenvalue weighted by Gasteiger charge is -2.26. The van der Waals surface area contributed by atoms with Gasteiger partial charge in [-0.2, -0.15) is 0 Å². The molecule has 0 saturated carbocycles. The van der Waals surface area contributed by atoms with Crippen molar-refractivity contribution in [2.45, 2.75) is 33.4 Å². The predicted molar refractivity (Wildman–Crippen MR) is 112 cm³/mol. The van der Waals surface area contributed by atoms with Crippen LogP contribution < -0.4 is 0 Å². The summed E-state index contributed by atoms with van der Waals surface area (Å²) in [7, 11) is 1.37. The van der Waals surface area contributed by atoms with Gasteiger partial charge < -0.3 is 14.2 Å². The minimum atomic E-state index is -0.405. The summed E-state index contributed by atoms with van der Waals surface area (Å²) in [5.74, 6) is 0.0960. The molecular formula is C23H27N3O3. The molecule has 3 aromatic rings. The summed E-state index contributed by atoms with van der Waals surface area (Å²) in [5, 5.41) is 0. The molecule has 0 bridgehead atoms. The van der Waals surface area contributed by atoms with Crippen LogP contribution in [-0.4, -0.2) is 40.0 Å². The Morgan fingerprint density at radius 2 is 1.79 bits per heavy atom. The average molecular weight is 393 g/mol. The molecule has 0 radical (unpaired) electrons. The van der Waals surface area contributed by atoms with E-state index < -0.39 is 5.92 Å². The molecule has 1 unspecified atom stereocenters. The van der Waals surface area contributed by atoms with Crippen molar-refractivity contribution < 1.29 is 14.3 Å². The first-order valence-electron chi connectivity index (χ1n) is 9.87. The molecule has 1 heterocycles. The molecule has 0 N–H and O–H groups in total. The van der Waals surface area contributed by atoms with Crippen LogP contribution in [0.1, 0.15) is 25.2 Å². The topological polar surface area (TPSA) is 64.4 Å². The van der Waals surface area contributed by atoms with E-state index in [2.05, 4.69) is 4.98 Å². The standard InChI is InChI=1S/C23H27N3O3/c1-4-21-24-19-12-8-9-13-20(19)26(21)16-22(27)25(14-17(2)23(28)29-3)15-18-10-6-5-7-11-18/h5-13,17H,4,14-16H2,1-3H3. The van der Waals surface area contributed by atoms with Crippen molar-refractivity contribution in [2.75, 3.05) is 13.7 Å². The molecule has 0 aliphatic rings. The largest absolute Gasteiger partial charge is 0.469 e. The summed E-state index contributed by atoms with van der Waals surface area (Å²) >= 11 is 0. The van der Waals surface area contributed by atoms with E-state index in [4.69, 9.17) is 4.74 Å². The molecule has 0 saturated heterocycles. The zero-order valence-corrected chi connectivity index (χ0v) is 17.2. The highest BCUT2D eigenvalue weighted by molar-refractivity contribution is 5.82. The lowest BCUT2D eigenvalue weighted by Crippen LogP contribution is -2.38. The molecule has 1 atom stereocenters. The second-order valence-electron chi connectivity index (χ2n) is 7.14. The molecule has 1 amide bonds. The zero-order chi connectivity index (χ0) is 20.8. The number of benzene rings is 2. The van der Waals surface area contributed by atoms with E-state index in [9.17, 15) is 9.59 Å². The van der Waals surface area contributed by atoms with Crippen molar-refractivity contribution in [2.24, 2.45) is 5.92 Å². The molecular weight excluding hydrogens is 366 g/mol. The molecule has 0 aliphatic heterocycles. The quantitative estimate of drug-likeness (QED) is 0.550. The number of ether oxygens (including phenoxy) is 1. The number of fused-ring (bicyclic) bond motifs is 1. The fourth-order valence-electron chi connectivity index (χ4n) is 3.47. The van der Waals surface area contributed by atoms with Crippen LogP contribution in [0.5, 0.6) is 0 Å². The first-order valence-corrected chi connectivity index (χ1v) is 9.87. The number of carbonyl (C=O) groups is 2. The third-order valence-electron chi connectivity index (χ3n) is 5.01. The Bertz CT molecular complexity index is 981. The number of nitrogens with zero attached hydrogens (tertiary/aromatic N) is 3. The second-order valence-corrected chi connectivity index (χ2v) is 7.14. The van der Waals surface area contributed by atoms with Crippen molar-refractivity contribution in [1.82, 2.24) is 14.5 Å². The van der Waals surface area contributed by atoms with Crippen LogP contribution in [-0.2, 0) is 33.8 Å². The van der Waals surface area contributed by atoms with E-state index in [-0.39, 0.29) is 18.4 Å². The van der Waals surface area contributed by atoms with Crippen LogP contribution in [0.3, 0.4) is 0 Å². The monoisotopic (exact) mass is 393 g/mol. The van der Waals surface area contributed by atoms with Gasteiger partial charge >= 0.3 is 5.97 Å². The molecule has 6 heteroatoms. The third kappa shape index (κ3) is 4.83. The highest BCUT2D eigenvalue weighted by Gasteiger charge is 2.23. The smallest absolute Gasteiger partial charge is 0.310 e. The SMILES string of the molecule is CCc1nc2ccccc2n1CC(=O)N(Cc1ccccc1)CC(C)C(=O)OC. The number of hydrogen-bond acceptors (Lipinski definition) is 4. The molecule has 6 nitrogen and oxygen atoms in total. The van der Waals surface area contributed by atoms with Crippen LogP contribution in [0, 0.1) is 5.92 Å². The number of methoxy groups -OCH3 is 1. The summed E-state index contributed by atoms with van der Waals surface area (Å²) in [6, 6.07) is 17.6. The number of rotatable bonds is 8. The van der Waals surface area contributed by atoms with Gasteiger partial charge in [0.15, 0.2) is 0 Å². The van der Waals surface area contributed by atoms with E-state index in [0.29, 0.717) is 13.1 Å². The number of aryl methyl sites for hydroxylation is 1. The van der Waals surface area contributed by atoms with Gasteiger partial charge in [-0.1, -0.05) is 56.3 Å². The Morgan fingerprint density at radius 1 is 1.10 bits per heavy atom. The minimum Gasteiger partial charge on any atom is -0.469 e. The molecule has 3 rings (SSSR count). The van der Waals surface area contributed by atoms with Gasteiger partial charge in [-0.3, -0.25) is 9.59 Å². The fourth-order valence-corrected chi connectivity index (χ4v) is 3.47. The summed E-state index contributed by atoms with van der Waals surface area (Å²) in [6.45, 7) is 4.73. The van der Waals surface area contributed by atoms with Gasteiger partial charge in [0.05, 0.1) is 24.1 Å². The summed E-state index contributed by atoms with van der Waals surface area (Å²) in [5.41, 5.74) is 2.84. The summed E-state index contributed by atoms with van der Waals surface area (Å²) < 4.78 is 6.82. The number of esters is 1. The van der Waals surface area contributed by atoms with Gasteiger partial charge in [-0.15, -0.1) is 0 Å². The highest BCUT2D eigenvalue weighted by atomic mass is 16.5. The number of amides is 1. The lowest BCUT2D eigenvalue weighted by atomic mass is 10.1. The molecule has 0 fully saturated rings. The Labute approximate surface area is 171 Å². The molecule has 0 spiro atoms. The summed E-state index contributed by atoms with van der Waals surface area (Å²) in [4.78, 5) is 31.6. The first-order chi connectivity index (χ1) is 14.0. The van der Waals surface area contributed by atoms with Crippen molar-refractivity contribution in [3.8, 4) is 0 Å². The van der Waals surface area contributed by atoms with Gasteiger partial charge in [0.25, 0.3) is 0 Å². The number of carbonyl (C=O) groups excluding carboxylic acids is 2. The normalized spacial score (nSPS) is 12.0. The Balaban J connectivity index is 1.87. The van der Waals surface area contributed by atoms with Gasteiger partial charge in [-0.05, 0) is 17.7 Å². The van der Waals surface area contributed by atoms with Gasteiger partial charge in [0.1, 0.15) is 12.4 Å². The maximum atomic E-state index is 13.3. The number of hydrogen-bond donors (Lipinski definition) is 0. The van der Waals surface area contributed by atoms with Gasteiger partial charge in [-0.25, -0.2) is 4.98 Å². The molecule has 29 heavy (non-hydrogen) atoms. The van der Waals surface area contributed by atoms with E-state index >= 15 is 0 Å². The van der Waals surface area contributed by atoms with Crippen molar-refractivity contribution in [3.63, 3.8) is 0 Å². The Morgan fingerprint density at radius 3 is 2.48 bits per heavy atom. The Hall–Kier alpha value is -3.15. The number of para-hydroxylation sites is 2. The Kier molecular flexibility index (Phi) is 6.65. The van der Waals surface area contributed by atoms with Crippen LogP contribution in [0.4, 0.5) is 0 Å². The van der Waals surface area contributed by atoms with Crippen molar-refractivity contribution in [1.29, 1.82) is 0 Å². The average Bonchev–Trinajstić information content (AvgIpc) is 3.10. The van der Waals surface area contributed by atoms with E-state index in [1.807, 2.05) is 66.1 Å². The number of imidazole rings is 1. The van der Waals surface area contributed by atoms with Crippen LogP contribution in [0.25, 0.3) is 11.0 Å². The third-order valence-corrected chi connectivity index (χ3v) is 5.01. The van der Waals surface area contributed by atoms with E-state index in [1.54, 1.807) is 11.8 Å². The minimum absolute atomic E-state index is 0.0533. The molecule has 1 aromatic heterocycles. The van der Waals surface area contributed by atoms with Crippen molar-refractivity contribution >= 4 is 22.9 Å². The molecule has 0 aliphatic carbocycles. The van der Waals surface area contributed by atoms with Crippen molar-refractivity contribution in [3.05, 3.63) is 66.0 Å². The predicted octanol–water partition coefficient (Wildman–Crippen LogP) is 3.44. The lowest BCUT2D eigenvalue weighted by molar-refractivity contribution is -0.146. The van der Waals surface area contributed by atoms with Crippen LogP contribution >= 0.6 is 0 Å². The highest BCUT2D eigenvalue weighted by Crippen LogP contribution is 2.18. The fraction of sp³-hybridized carbons (Fsp3) is 0.348.